The molecule has 47 valence electrons. The first kappa shape index (κ1) is 7.90. The molecule has 0 saturated heterocycles. The molecule has 0 saturated carbocycles. The number of pyridine rings is 1. The average molecular weight is 206 g/mol. The van der Waals surface area contributed by atoms with Crippen molar-refractivity contribution in [2.75, 3.05) is 0 Å². The molecule has 2 nitrogen and oxygen atoms in total. The van der Waals surface area contributed by atoms with E-state index in [0.29, 0.717) is 0 Å². The van der Waals surface area contributed by atoms with Crippen molar-refractivity contribution in [3.63, 3.8) is 0 Å². The number of nitrogens with one attached hydrogen (secondary N) is 1. The zero-order valence-corrected chi connectivity index (χ0v) is 8.17. The second-order valence-electron chi connectivity index (χ2n) is 1.85. The molecule has 0 aliphatic heterocycles. The predicted molar refractivity (Wildman–Crippen MR) is 34.9 cm³/mol. The molecule has 2 aromatic heterocycles. The summed E-state index contributed by atoms with van der Waals surface area (Å²) < 4.78 is 0. The van der Waals surface area contributed by atoms with Crippen LogP contribution >= 0.6 is 0 Å². The number of hydrogen-bond donors (Lipinski definition) is 1. The van der Waals surface area contributed by atoms with Crippen LogP contribution in [0.15, 0.2) is 24.5 Å². The summed E-state index contributed by atoms with van der Waals surface area (Å²) in [6.45, 7) is 0. The third kappa shape index (κ3) is 1.28. The number of nitrogens with zero attached hydrogens (tertiary/aromatic N) is 1. The molecule has 0 spiro atoms. The number of fused-ring (bicyclic) bond motifs is 1. The smallest absolute Gasteiger partial charge is 0.0515 e. The maximum atomic E-state index is 4.03. The number of aromatic nitrogens is 2. The zero-order chi connectivity index (χ0) is 6.10. The molecular formula is C7H5N2Y-. The number of H-pyrrole nitrogens is 1. The average Bonchev–Trinajstić information content (AvgIpc) is 2.33. The van der Waals surface area contributed by atoms with Crippen molar-refractivity contribution >= 4 is 11.0 Å². The Morgan fingerprint density at radius 1 is 1.50 bits per heavy atom. The Labute approximate surface area is 83.9 Å². The largest absolute Gasteiger partial charge is 0.363 e. The minimum atomic E-state index is 0. The van der Waals surface area contributed by atoms with E-state index in [-0.39, 0.29) is 32.7 Å². The fourth-order valence-electron chi connectivity index (χ4n) is 0.830. The van der Waals surface area contributed by atoms with Crippen molar-refractivity contribution in [3.8, 4) is 0 Å². The zero-order valence-electron chi connectivity index (χ0n) is 5.33. The van der Waals surface area contributed by atoms with Crippen LogP contribution in [0.4, 0.5) is 0 Å². The molecule has 0 bridgehead atoms. The van der Waals surface area contributed by atoms with Crippen LogP contribution in [0.2, 0.25) is 0 Å². The van der Waals surface area contributed by atoms with E-state index in [1.54, 1.807) is 6.20 Å². The summed E-state index contributed by atoms with van der Waals surface area (Å²) >= 11 is 0. The topological polar surface area (TPSA) is 28.7 Å². The Morgan fingerprint density at radius 2 is 2.40 bits per heavy atom. The van der Waals surface area contributed by atoms with E-state index in [1.807, 2.05) is 18.3 Å². The van der Waals surface area contributed by atoms with Crippen molar-refractivity contribution in [2.45, 2.75) is 0 Å². The van der Waals surface area contributed by atoms with Crippen LogP contribution in [0.5, 0.6) is 0 Å². The third-order valence-electron chi connectivity index (χ3n) is 1.26. The van der Waals surface area contributed by atoms with Crippen LogP contribution in [-0.2, 0) is 32.7 Å². The number of hydrogen-bond acceptors (Lipinski definition) is 1. The van der Waals surface area contributed by atoms with Crippen molar-refractivity contribution in [2.24, 2.45) is 0 Å². The summed E-state index contributed by atoms with van der Waals surface area (Å²) in [6, 6.07) is 6.76. The Kier molecular flexibility index (Phi) is 2.58. The van der Waals surface area contributed by atoms with Gasteiger partial charge in [0.2, 0.25) is 0 Å². The van der Waals surface area contributed by atoms with E-state index in [9.17, 15) is 0 Å². The van der Waals surface area contributed by atoms with Gasteiger partial charge in [-0.25, -0.2) is 12.1 Å². The minimum Gasteiger partial charge on any atom is -0.363 e. The summed E-state index contributed by atoms with van der Waals surface area (Å²) in [4.78, 5) is 7.02. The molecule has 2 rings (SSSR count). The second kappa shape index (κ2) is 3.26. The Bertz CT molecular complexity index is 286. The first-order valence-electron chi connectivity index (χ1n) is 2.76. The predicted octanol–water partition coefficient (Wildman–Crippen LogP) is 1.36. The molecule has 1 N–H and O–H groups in total. The molecule has 0 aromatic carbocycles. The molecule has 2 heterocycles. The van der Waals surface area contributed by atoms with E-state index in [0.717, 1.165) is 11.0 Å². The summed E-state index contributed by atoms with van der Waals surface area (Å²) in [5.41, 5.74) is 0.925. The molecule has 0 atom stereocenters. The number of aromatic amines is 1. The number of rotatable bonds is 0. The van der Waals surface area contributed by atoms with Gasteiger partial charge in [-0.1, -0.05) is 6.20 Å². The summed E-state index contributed by atoms with van der Waals surface area (Å²) in [7, 11) is 0. The van der Waals surface area contributed by atoms with Crippen LogP contribution in [0.3, 0.4) is 0 Å². The van der Waals surface area contributed by atoms with Gasteiger partial charge < -0.3 is 4.98 Å². The fraction of sp³-hybridized carbons (Fsp3) is 0. The summed E-state index contributed by atoms with van der Waals surface area (Å²) in [6.07, 6.45) is 3.52. The Morgan fingerprint density at radius 3 is 3.20 bits per heavy atom. The van der Waals surface area contributed by atoms with Crippen LogP contribution < -0.4 is 0 Å². The van der Waals surface area contributed by atoms with Gasteiger partial charge in [-0.3, -0.25) is 4.98 Å². The first-order valence-corrected chi connectivity index (χ1v) is 2.76. The Balaban J connectivity index is 0.000000500. The van der Waals surface area contributed by atoms with E-state index in [2.05, 4.69) is 16.0 Å². The van der Waals surface area contributed by atoms with Gasteiger partial charge in [0.1, 0.15) is 0 Å². The van der Waals surface area contributed by atoms with Gasteiger partial charge in [0.25, 0.3) is 0 Å². The standard InChI is InChI=1S/C7H5N2.Y/c1-2-6-3-5-9-7(6)8-4-1;/h2-5H,(H,8,9);/q-1;. The maximum absolute atomic E-state index is 4.03. The summed E-state index contributed by atoms with van der Waals surface area (Å²) in [5.74, 6) is 0. The maximum Gasteiger partial charge on any atom is 0.0515 e. The molecule has 3 heteroatoms. The van der Waals surface area contributed by atoms with Crippen LogP contribution in [0, 0.1) is 6.07 Å². The van der Waals surface area contributed by atoms with Gasteiger partial charge in [-0.15, -0.1) is 11.5 Å². The fourth-order valence-corrected chi connectivity index (χ4v) is 0.830. The Hall–Kier alpha value is -0.206. The van der Waals surface area contributed by atoms with Gasteiger partial charge in [-0.05, 0) is 6.20 Å². The molecule has 0 unspecified atom stereocenters. The first-order chi connectivity index (χ1) is 4.47. The third-order valence-corrected chi connectivity index (χ3v) is 1.26. The van der Waals surface area contributed by atoms with Crippen molar-refractivity contribution in [3.05, 3.63) is 30.6 Å². The molecule has 0 aliphatic rings. The van der Waals surface area contributed by atoms with E-state index < -0.39 is 0 Å². The molecule has 1 radical (unpaired) electrons. The van der Waals surface area contributed by atoms with E-state index in [1.165, 1.54) is 0 Å². The monoisotopic (exact) mass is 206 g/mol. The van der Waals surface area contributed by atoms with Crippen molar-refractivity contribution in [1.82, 2.24) is 9.97 Å². The summed E-state index contributed by atoms with van der Waals surface area (Å²) in [5, 5.41) is 1.11. The molecule has 0 aliphatic carbocycles. The van der Waals surface area contributed by atoms with Gasteiger partial charge in [0.15, 0.2) is 0 Å². The van der Waals surface area contributed by atoms with Gasteiger partial charge in [0.05, 0.1) is 5.65 Å². The molecular weight excluding hydrogens is 201 g/mol. The quantitative estimate of drug-likeness (QED) is 0.647. The van der Waals surface area contributed by atoms with E-state index >= 15 is 0 Å². The van der Waals surface area contributed by atoms with Gasteiger partial charge >= 0.3 is 0 Å². The van der Waals surface area contributed by atoms with Crippen molar-refractivity contribution < 1.29 is 32.7 Å². The van der Waals surface area contributed by atoms with Gasteiger partial charge in [-0.2, -0.15) is 0 Å². The molecule has 10 heavy (non-hydrogen) atoms. The second-order valence-corrected chi connectivity index (χ2v) is 1.85. The SMILES string of the molecule is [Y].[c-]1cnc2[nH]ccc2c1. The molecule has 2 aromatic rings. The van der Waals surface area contributed by atoms with Crippen LogP contribution in [-0.4, -0.2) is 9.97 Å². The normalized spacial score (nSPS) is 9.20. The molecule has 0 amide bonds. The van der Waals surface area contributed by atoms with Crippen LogP contribution in [0.1, 0.15) is 0 Å². The van der Waals surface area contributed by atoms with Gasteiger partial charge in [0, 0.05) is 32.7 Å². The van der Waals surface area contributed by atoms with Crippen LogP contribution in [0.25, 0.3) is 11.0 Å². The minimum absolute atomic E-state index is 0. The van der Waals surface area contributed by atoms with E-state index in [4.69, 9.17) is 0 Å². The van der Waals surface area contributed by atoms with Crippen molar-refractivity contribution in [1.29, 1.82) is 0 Å². The molecule has 0 fully saturated rings.